The lowest BCUT2D eigenvalue weighted by Crippen LogP contribution is -2.03. The average molecular weight is 382 g/mol. The van der Waals surface area contributed by atoms with Gasteiger partial charge in [0.2, 0.25) is 0 Å². The quantitative estimate of drug-likeness (QED) is 0.463. The molecule has 0 atom stereocenters. The van der Waals surface area contributed by atoms with Gasteiger partial charge in [0.05, 0.1) is 6.33 Å². The molecule has 29 heavy (non-hydrogen) atoms. The van der Waals surface area contributed by atoms with E-state index in [1.807, 2.05) is 35.0 Å². The van der Waals surface area contributed by atoms with Crippen LogP contribution < -0.4 is 0 Å². The second-order valence-electron chi connectivity index (χ2n) is 7.05. The standard InChI is InChI=1S/C25H22N2O2/c1-18-2-4-20(5-3-18)25(21-8-12-23(29)13-9-21)24(16-27-15-14-26-17-27)19-6-10-22(28)11-7-19/h2-15,17,28-29H,16H2,1H3/b25-24-. The zero-order valence-corrected chi connectivity index (χ0v) is 16.2. The zero-order valence-electron chi connectivity index (χ0n) is 16.2. The molecular weight excluding hydrogens is 360 g/mol. The summed E-state index contributed by atoms with van der Waals surface area (Å²) in [4.78, 5) is 4.18. The summed E-state index contributed by atoms with van der Waals surface area (Å²) in [7, 11) is 0. The number of phenolic OH excluding ortho intramolecular Hbond substituents is 2. The summed E-state index contributed by atoms with van der Waals surface area (Å²) in [6.07, 6.45) is 5.49. The minimum Gasteiger partial charge on any atom is -0.508 e. The molecule has 0 aliphatic heterocycles. The highest BCUT2D eigenvalue weighted by molar-refractivity contribution is 5.98. The first-order valence-corrected chi connectivity index (χ1v) is 9.45. The number of aromatic nitrogens is 2. The number of phenols is 2. The Kier molecular flexibility index (Phi) is 5.16. The van der Waals surface area contributed by atoms with E-state index in [4.69, 9.17) is 0 Å². The molecule has 4 rings (SSSR count). The molecule has 0 radical (unpaired) electrons. The number of imidazole rings is 1. The van der Waals surface area contributed by atoms with Crippen molar-refractivity contribution in [2.45, 2.75) is 13.5 Å². The molecule has 1 heterocycles. The van der Waals surface area contributed by atoms with E-state index in [0.29, 0.717) is 6.54 Å². The summed E-state index contributed by atoms with van der Waals surface area (Å²) in [5, 5.41) is 19.6. The van der Waals surface area contributed by atoms with Crippen LogP contribution in [0.25, 0.3) is 11.1 Å². The van der Waals surface area contributed by atoms with Crippen LogP contribution >= 0.6 is 0 Å². The summed E-state index contributed by atoms with van der Waals surface area (Å²) in [6.45, 7) is 2.69. The van der Waals surface area contributed by atoms with Crippen LogP contribution in [0.5, 0.6) is 11.5 Å². The monoisotopic (exact) mass is 382 g/mol. The van der Waals surface area contributed by atoms with Gasteiger partial charge in [-0.05, 0) is 59.0 Å². The number of allylic oxidation sites excluding steroid dienone is 1. The molecule has 4 nitrogen and oxygen atoms in total. The van der Waals surface area contributed by atoms with Crippen LogP contribution in [0.2, 0.25) is 0 Å². The van der Waals surface area contributed by atoms with Gasteiger partial charge in [-0.1, -0.05) is 54.1 Å². The minimum atomic E-state index is 0.234. The minimum absolute atomic E-state index is 0.234. The average Bonchev–Trinajstić information content (AvgIpc) is 3.24. The lowest BCUT2D eigenvalue weighted by atomic mass is 9.89. The fourth-order valence-corrected chi connectivity index (χ4v) is 3.40. The van der Waals surface area contributed by atoms with Crippen molar-refractivity contribution < 1.29 is 10.2 Å². The molecule has 0 aliphatic rings. The van der Waals surface area contributed by atoms with E-state index >= 15 is 0 Å². The van der Waals surface area contributed by atoms with E-state index in [1.54, 1.807) is 36.8 Å². The lowest BCUT2D eigenvalue weighted by molar-refractivity contribution is 0.474. The van der Waals surface area contributed by atoms with E-state index in [1.165, 1.54) is 5.56 Å². The number of aryl methyl sites for hydroxylation is 1. The number of hydrogen-bond acceptors (Lipinski definition) is 3. The highest BCUT2D eigenvalue weighted by atomic mass is 16.3. The fourth-order valence-electron chi connectivity index (χ4n) is 3.40. The summed E-state index contributed by atoms with van der Waals surface area (Å²) in [5.74, 6) is 0.468. The highest BCUT2D eigenvalue weighted by Crippen LogP contribution is 2.35. The Morgan fingerprint density at radius 2 is 1.28 bits per heavy atom. The number of rotatable bonds is 5. The van der Waals surface area contributed by atoms with Crippen molar-refractivity contribution in [2.24, 2.45) is 0 Å². The van der Waals surface area contributed by atoms with Crippen molar-refractivity contribution in [3.8, 4) is 11.5 Å². The molecule has 3 aromatic carbocycles. The van der Waals surface area contributed by atoms with Crippen molar-refractivity contribution in [2.75, 3.05) is 0 Å². The van der Waals surface area contributed by atoms with Crippen molar-refractivity contribution in [1.82, 2.24) is 9.55 Å². The maximum Gasteiger partial charge on any atom is 0.115 e. The largest absolute Gasteiger partial charge is 0.508 e. The second-order valence-corrected chi connectivity index (χ2v) is 7.05. The van der Waals surface area contributed by atoms with Crippen LogP contribution in [-0.2, 0) is 6.54 Å². The molecule has 2 N–H and O–H groups in total. The van der Waals surface area contributed by atoms with Crippen molar-refractivity contribution in [3.63, 3.8) is 0 Å². The molecule has 0 spiro atoms. The van der Waals surface area contributed by atoms with Gasteiger partial charge >= 0.3 is 0 Å². The van der Waals surface area contributed by atoms with Crippen LogP contribution in [0.3, 0.4) is 0 Å². The molecule has 0 unspecified atom stereocenters. The molecule has 0 amide bonds. The Morgan fingerprint density at radius 3 is 1.79 bits per heavy atom. The smallest absolute Gasteiger partial charge is 0.115 e. The van der Waals surface area contributed by atoms with Gasteiger partial charge in [0.25, 0.3) is 0 Å². The van der Waals surface area contributed by atoms with Gasteiger partial charge in [0.1, 0.15) is 11.5 Å². The van der Waals surface area contributed by atoms with Gasteiger partial charge < -0.3 is 14.8 Å². The summed E-state index contributed by atoms with van der Waals surface area (Å²) in [6, 6.07) is 23.0. The van der Waals surface area contributed by atoms with Crippen molar-refractivity contribution in [1.29, 1.82) is 0 Å². The van der Waals surface area contributed by atoms with E-state index < -0.39 is 0 Å². The predicted octanol–water partition coefficient (Wildman–Crippen LogP) is 5.26. The second kappa shape index (κ2) is 8.07. The van der Waals surface area contributed by atoms with Gasteiger partial charge in [-0.3, -0.25) is 0 Å². The van der Waals surface area contributed by atoms with E-state index in [9.17, 15) is 10.2 Å². The van der Waals surface area contributed by atoms with Crippen LogP contribution in [0.1, 0.15) is 22.3 Å². The third-order valence-electron chi connectivity index (χ3n) is 4.91. The van der Waals surface area contributed by atoms with E-state index in [2.05, 4.69) is 36.2 Å². The third kappa shape index (κ3) is 4.22. The van der Waals surface area contributed by atoms with Gasteiger partial charge in [0, 0.05) is 18.9 Å². The van der Waals surface area contributed by atoms with Gasteiger partial charge in [-0.25, -0.2) is 4.98 Å². The number of aromatic hydroxyl groups is 2. The predicted molar refractivity (Wildman–Crippen MR) is 116 cm³/mol. The lowest BCUT2D eigenvalue weighted by Gasteiger charge is -2.18. The van der Waals surface area contributed by atoms with Gasteiger partial charge in [-0.2, -0.15) is 0 Å². The molecule has 4 aromatic rings. The molecule has 4 heteroatoms. The summed E-state index contributed by atoms with van der Waals surface area (Å²) in [5.41, 5.74) is 6.47. The van der Waals surface area contributed by atoms with Crippen LogP contribution in [0, 0.1) is 6.92 Å². The topological polar surface area (TPSA) is 58.3 Å². The molecule has 0 fully saturated rings. The number of benzene rings is 3. The third-order valence-corrected chi connectivity index (χ3v) is 4.91. The Balaban J connectivity index is 1.98. The SMILES string of the molecule is Cc1ccc(/C(=C(\Cn2ccnc2)c2ccc(O)cc2)c2ccc(O)cc2)cc1. The van der Waals surface area contributed by atoms with E-state index in [0.717, 1.165) is 27.8 Å². The van der Waals surface area contributed by atoms with Crippen LogP contribution in [0.15, 0.2) is 91.5 Å². The molecule has 144 valence electrons. The van der Waals surface area contributed by atoms with Crippen molar-refractivity contribution >= 4 is 11.1 Å². The molecule has 0 aliphatic carbocycles. The Bertz CT molecular complexity index is 1060. The van der Waals surface area contributed by atoms with Crippen LogP contribution in [-0.4, -0.2) is 19.8 Å². The molecule has 0 saturated heterocycles. The summed E-state index contributed by atoms with van der Waals surface area (Å²) < 4.78 is 2.02. The first-order chi connectivity index (χ1) is 14.1. The maximum atomic E-state index is 9.78. The van der Waals surface area contributed by atoms with Crippen molar-refractivity contribution in [3.05, 3.63) is 114 Å². The molecule has 0 saturated carbocycles. The highest BCUT2D eigenvalue weighted by Gasteiger charge is 2.15. The zero-order chi connectivity index (χ0) is 20.2. The van der Waals surface area contributed by atoms with Crippen LogP contribution in [0.4, 0.5) is 0 Å². The Morgan fingerprint density at radius 1 is 0.759 bits per heavy atom. The number of nitrogens with zero attached hydrogens (tertiary/aromatic N) is 2. The summed E-state index contributed by atoms with van der Waals surface area (Å²) >= 11 is 0. The fraction of sp³-hybridized carbons (Fsp3) is 0.0800. The first kappa shape index (κ1) is 18.6. The molecule has 0 bridgehead atoms. The first-order valence-electron chi connectivity index (χ1n) is 9.45. The van der Waals surface area contributed by atoms with Gasteiger partial charge in [-0.15, -0.1) is 0 Å². The Labute approximate surface area is 170 Å². The normalized spacial score (nSPS) is 11.9. The van der Waals surface area contributed by atoms with Gasteiger partial charge in [0.15, 0.2) is 0 Å². The molecular formula is C25H22N2O2. The maximum absolute atomic E-state index is 9.78. The van der Waals surface area contributed by atoms with E-state index in [-0.39, 0.29) is 11.5 Å². The molecule has 1 aromatic heterocycles. The number of hydrogen-bond donors (Lipinski definition) is 2. The Hall–Kier alpha value is -3.79.